The van der Waals surface area contributed by atoms with Crippen molar-refractivity contribution in [2.24, 2.45) is 0 Å². The van der Waals surface area contributed by atoms with E-state index in [1.165, 1.54) is 11.6 Å². The molecular formula is C22H24N2O3S. The molecule has 0 bridgehead atoms. The predicted octanol–water partition coefficient (Wildman–Crippen LogP) is 5.22. The van der Waals surface area contributed by atoms with E-state index in [4.69, 9.17) is 21.4 Å². The van der Waals surface area contributed by atoms with Crippen molar-refractivity contribution < 1.29 is 9.15 Å². The van der Waals surface area contributed by atoms with E-state index >= 15 is 0 Å². The molecule has 28 heavy (non-hydrogen) atoms. The Morgan fingerprint density at radius 3 is 2.50 bits per heavy atom. The highest BCUT2D eigenvalue weighted by atomic mass is 32.1. The summed E-state index contributed by atoms with van der Waals surface area (Å²) in [6.07, 6.45) is 0. The maximum Gasteiger partial charge on any atom is 0.336 e. The molecule has 3 rings (SSSR count). The van der Waals surface area contributed by atoms with Gasteiger partial charge in [0.25, 0.3) is 0 Å². The molecule has 6 heteroatoms. The number of rotatable bonds is 3. The number of ether oxygens (including phenoxy) is 1. The van der Waals surface area contributed by atoms with E-state index in [2.05, 4.69) is 31.4 Å². The lowest BCUT2D eigenvalue weighted by Crippen LogP contribution is -2.20. The van der Waals surface area contributed by atoms with E-state index in [0.29, 0.717) is 16.4 Å². The molecular weight excluding hydrogens is 372 g/mol. The Morgan fingerprint density at radius 2 is 1.82 bits per heavy atom. The molecule has 2 aromatic carbocycles. The van der Waals surface area contributed by atoms with Gasteiger partial charge >= 0.3 is 5.63 Å². The van der Waals surface area contributed by atoms with Gasteiger partial charge in [0, 0.05) is 23.2 Å². The molecule has 0 aliphatic rings. The summed E-state index contributed by atoms with van der Waals surface area (Å²) in [5.74, 6) is 0.706. The Kier molecular flexibility index (Phi) is 5.42. The quantitative estimate of drug-likeness (QED) is 0.468. The second-order valence-corrected chi connectivity index (χ2v) is 8.11. The van der Waals surface area contributed by atoms with Gasteiger partial charge in [0.1, 0.15) is 11.3 Å². The summed E-state index contributed by atoms with van der Waals surface area (Å²) in [6, 6.07) is 13.1. The average molecular weight is 397 g/mol. The van der Waals surface area contributed by atoms with Crippen LogP contribution in [0.15, 0.2) is 51.7 Å². The number of hydrogen-bond acceptors (Lipinski definition) is 4. The summed E-state index contributed by atoms with van der Waals surface area (Å²) in [6.45, 7) is 8.34. The summed E-state index contributed by atoms with van der Waals surface area (Å²) >= 11 is 5.47. The van der Waals surface area contributed by atoms with Crippen molar-refractivity contribution >= 4 is 39.7 Å². The van der Waals surface area contributed by atoms with Gasteiger partial charge in [-0.15, -0.1) is 0 Å². The van der Waals surface area contributed by atoms with Gasteiger partial charge in [-0.1, -0.05) is 26.8 Å². The van der Waals surface area contributed by atoms with Crippen molar-refractivity contribution in [1.29, 1.82) is 0 Å². The van der Waals surface area contributed by atoms with Crippen molar-refractivity contribution in [3.8, 4) is 5.75 Å². The SMILES string of the molecule is COc1ccc(C(C)(C)C)cc1NC(=S)Nc1ccc2c(C)cc(=O)oc2c1. The molecule has 0 aliphatic heterocycles. The third-order valence-electron chi connectivity index (χ3n) is 4.52. The Hall–Kier alpha value is -2.86. The summed E-state index contributed by atoms with van der Waals surface area (Å²) < 4.78 is 10.7. The van der Waals surface area contributed by atoms with Crippen LogP contribution in [0, 0.1) is 6.92 Å². The first-order chi connectivity index (χ1) is 13.2. The highest BCUT2D eigenvalue weighted by molar-refractivity contribution is 7.80. The van der Waals surface area contributed by atoms with Gasteiger partial charge in [0.05, 0.1) is 12.8 Å². The molecule has 1 heterocycles. The van der Waals surface area contributed by atoms with E-state index in [9.17, 15) is 4.79 Å². The summed E-state index contributed by atoms with van der Waals surface area (Å²) in [5.41, 5.74) is 3.71. The standard InChI is InChI=1S/C22H24N2O3S/c1-13-10-20(25)27-19-12-15(7-8-16(13)19)23-21(28)24-17-11-14(22(2,3)4)6-9-18(17)26-5/h6-12H,1-5H3,(H2,23,24,28). The molecule has 1 aromatic heterocycles. The van der Waals surface area contributed by atoms with Crippen LogP contribution in [0.2, 0.25) is 0 Å². The molecule has 0 atom stereocenters. The van der Waals surface area contributed by atoms with Gasteiger partial charge in [-0.25, -0.2) is 4.79 Å². The molecule has 0 saturated carbocycles. The molecule has 0 saturated heterocycles. The minimum absolute atomic E-state index is 0.00545. The Morgan fingerprint density at radius 1 is 1.07 bits per heavy atom. The van der Waals surface area contributed by atoms with Crippen LogP contribution in [0.1, 0.15) is 31.9 Å². The second-order valence-electron chi connectivity index (χ2n) is 7.70. The monoisotopic (exact) mass is 396 g/mol. The fourth-order valence-electron chi connectivity index (χ4n) is 2.96. The van der Waals surface area contributed by atoms with Gasteiger partial charge in [-0.2, -0.15) is 0 Å². The molecule has 0 fully saturated rings. The van der Waals surface area contributed by atoms with Gasteiger partial charge in [-0.3, -0.25) is 0 Å². The van der Waals surface area contributed by atoms with Crippen molar-refractivity contribution in [2.45, 2.75) is 33.1 Å². The molecule has 0 radical (unpaired) electrons. The highest BCUT2D eigenvalue weighted by Gasteiger charge is 2.16. The van der Waals surface area contributed by atoms with Crippen molar-refractivity contribution in [1.82, 2.24) is 0 Å². The van der Waals surface area contributed by atoms with Crippen LogP contribution in [0.4, 0.5) is 11.4 Å². The zero-order chi connectivity index (χ0) is 20.5. The lowest BCUT2D eigenvalue weighted by atomic mass is 9.87. The molecule has 0 aliphatic carbocycles. The van der Waals surface area contributed by atoms with Crippen LogP contribution in [0.25, 0.3) is 11.0 Å². The topological polar surface area (TPSA) is 63.5 Å². The number of aryl methyl sites for hydroxylation is 1. The van der Waals surface area contributed by atoms with Crippen molar-refractivity contribution in [3.05, 3.63) is 64.0 Å². The Balaban J connectivity index is 1.84. The van der Waals surface area contributed by atoms with E-state index in [0.717, 1.165) is 22.3 Å². The number of methoxy groups -OCH3 is 1. The predicted molar refractivity (Wildman–Crippen MR) is 119 cm³/mol. The maximum atomic E-state index is 11.6. The van der Waals surface area contributed by atoms with Crippen LogP contribution in [0.5, 0.6) is 5.75 Å². The fourth-order valence-corrected chi connectivity index (χ4v) is 3.19. The van der Waals surface area contributed by atoms with Crippen LogP contribution < -0.4 is 21.0 Å². The van der Waals surface area contributed by atoms with Crippen LogP contribution >= 0.6 is 12.2 Å². The van der Waals surface area contributed by atoms with E-state index in [1.807, 2.05) is 37.3 Å². The first-order valence-corrected chi connectivity index (χ1v) is 9.39. The molecule has 3 aromatic rings. The van der Waals surface area contributed by atoms with Crippen LogP contribution in [-0.2, 0) is 5.41 Å². The lowest BCUT2D eigenvalue weighted by Gasteiger charge is -2.22. The molecule has 0 unspecified atom stereocenters. The molecule has 0 amide bonds. The molecule has 146 valence electrons. The highest BCUT2D eigenvalue weighted by Crippen LogP contribution is 2.31. The second kappa shape index (κ2) is 7.64. The minimum atomic E-state index is -0.369. The first-order valence-electron chi connectivity index (χ1n) is 8.98. The summed E-state index contributed by atoms with van der Waals surface area (Å²) in [7, 11) is 1.63. The lowest BCUT2D eigenvalue weighted by molar-refractivity contribution is 0.416. The van der Waals surface area contributed by atoms with Gasteiger partial charge in [-0.05, 0) is 59.9 Å². The average Bonchev–Trinajstić information content (AvgIpc) is 2.60. The van der Waals surface area contributed by atoms with E-state index in [1.54, 1.807) is 13.2 Å². The first kappa shape index (κ1) is 19.9. The normalized spacial score (nSPS) is 11.3. The smallest absolute Gasteiger partial charge is 0.336 e. The third kappa shape index (κ3) is 4.34. The molecule has 0 spiro atoms. The van der Waals surface area contributed by atoms with Crippen LogP contribution in [-0.4, -0.2) is 12.2 Å². The third-order valence-corrected chi connectivity index (χ3v) is 4.73. The molecule has 2 N–H and O–H groups in total. The maximum absolute atomic E-state index is 11.6. The summed E-state index contributed by atoms with van der Waals surface area (Å²) in [5, 5.41) is 7.64. The van der Waals surface area contributed by atoms with Crippen molar-refractivity contribution in [2.75, 3.05) is 17.7 Å². The number of thiocarbonyl (C=S) groups is 1. The zero-order valence-electron chi connectivity index (χ0n) is 16.7. The van der Waals surface area contributed by atoms with E-state index in [-0.39, 0.29) is 11.0 Å². The number of benzene rings is 2. The Bertz CT molecular complexity index is 1100. The minimum Gasteiger partial charge on any atom is -0.495 e. The summed E-state index contributed by atoms with van der Waals surface area (Å²) in [4.78, 5) is 11.6. The van der Waals surface area contributed by atoms with Crippen molar-refractivity contribution in [3.63, 3.8) is 0 Å². The van der Waals surface area contributed by atoms with E-state index < -0.39 is 0 Å². The number of hydrogen-bond donors (Lipinski definition) is 2. The number of anilines is 2. The van der Waals surface area contributed by atoms with Gasteiger partial charge in [0.15, 0.2) is 5.11 Å². The number of nitrogens with one attached hydrogen (secondary N) is 2. The van der Waals surface area contributed by atoms with Crippen LogP contribution in [0.3, 0.4) is 0 Å². The van der Waals surface area contributed by atoms with Gasteiger partial charge in [0.2, 0.25) is 0 Å². The zero-order valence-corrected chi connectivity index (χ0v) is 17.5. The largest absolute Gasteiger partial charge is 0.495 e. The Labute approximate surface area is 169 Å². The fraction of sp³-hybridized carbons (Fsp3) is 0.273. The molecule has 5 nitrogen and oxygen atoms in total. The number of fused-ring (bicyclic) bond motifs is 1. The van der Waals surface area contributed by atoms with Gasteiger partial charge < -0.3 is 19.8 Å².